The second-order valence-corrected chi connectivity index (χ2v) is 6.79. The minimum atomic E-state index is -0.0381. The molecular weight excluding hydrogens is 303 g/mol. The van der Waals surface area contributed by atoms with Crippen molar-refractivity contribution >= 4 is 15.9 Å². The standard InChI is InChI=1S/C17H24BrF/c1-2-3-4-5-13-6-8-14(9-7-13)16-11-10-15(18)12-17(16)19/h10-14H,2-9H2,1H3/t13-,14+. The second kappa shape index (κ2) is 7.42. The van der Waals surface area contributed by atoms with E-state index in [4.69, 9.17) is 0 Å². The Morgan fingerprint density at radius 3 is 2.53 bits per heavy atom. The van der Waals surface area contributed by atoms with Crippen molar-refractivity contribution in [3.8, 4) is 0 Å². The summed E-state index contributed by atoms with van der Waals surface area (Å²) in [5.74, 6) is 1.29. The van der Waals surface area contributed by atoms with Crippen LogP contribution >= 0.6 is 15.9 Å². The molecule has 2 heteroatoms. The molecule has 0 saturated heterocycles. The predicted octanol–water partition coefficient (Wildman–Crippen LogP) is 6.44. The number of hydrogen-bond donors (Lipinski definition) is 0. The van der Waals surface area contributed by atoms with E-state index in [-0.39, 0.29) is 5.82 Å². The summed E-state index contributed by atoms with van der Waals surface area (Å²) in [7, 11) is 0. The summed E-state index contributed by atoms with van der Waals surface area (Å²) in [6.07, 6.45) is 10.3. The molecule has 0 N–H and O–H groups in total. The van der Waals surface area contributed by atoms with E-state index < -0.39 is 0 Å². The lowest BCUT2D eigenvalue weighted by Crippen LogP contribution is -2.14. The summed E-state index contributed by atoms with van der Waals surface area (Å²) in [5, 5.41) is 0. The van der Waals surface area contributed by atoms with E-state index in [1.807, 2.05) is 12.1 Å². The Hall–Kier alpha value is -0.370. The fraction of sp³-hybridized carbons (Fsp3) is 0.647. The van der Waals surface area contributed by atoms with Crippen molar-refractivity contribution in [2.45, 2.75) is 64.2 Å². The van der Waals surface area contributed by atoms with Gasteiger partial charge in [-0.15, -0.1) is 0 Å². The van der Waals surface area contributed by atoms with E-state index in [2.05, 4.69) is 22.9 Å². The number of hydrogen-bond acceptors (Lipinski definition) is 0. The van der Waals surface area contributed by atoms with Crippen LogP contribution in [-0.2, 0) is 0 Å². The van der Waals surface area contributed by atoms with Crippen molar-refractivity contribution in [2.24, 2.45) is 5.92 Å². The first kappa shape index (κ1) is 15.0. The fourth-order valence-electron chi connectivity index (χ4n) is 3.28. The van der Waals surface area contributed by atoms with Gasteiger partial charge in [0.25, 0.3) is 0 Å². The van der Waals surface area contributed by atoms with Gasteiger partial charge in [0.15, 0.2) is 0 Å². The fourth-order valence-corrected chi connectivity index (χ4v) is 3.61. The molecule has 106 valence electrons. The number of rotatable bonds is 5. The summed E-state index contributed by atoms with van der Waals surface area (Å²) in [5.41, 5.74) is 0.926. The first-order valence-electron chi connectivity index (χ1n) is 7.65. The van der Waals surface area contributed by atoms with Crippen LogP contribution in [0.15, 0.2) is 22.7 Å². The first-order chi connectivity index (χ1) is 9.20. The zero-order valence-corrected chi connectivity index (χ0v) is 13.4. The quantitative estimate of drug-likeness (QED) is 0.546. The van der Waals surface area contributed by atoms with Crippen LogP contribution in [0.25, 0.3) is 0 Å². The van der Waals surface area contributed by atoms with Crippen LogP contribution in [0.2, 0.25) is 0 Å². The molecule has 0 aromatic heterocycles. The zero-order chi connectivity index (χ0) is 13.7. The number of benzene rings is 1. The third kappa shape index (κ3) is 4.30. The van der Waals surface area contributed by atoms with Gasteiger partial charge in [-0.2, -0.15) is 0 Å². The van der Waals surface area contributed by atoms with Gasteiger partial charge >= 0.3 is 0 Å². The molecule has 0 spiro atoms. The highest BCUT2D eigenvalue weighted by molar-refractivity contribution is 9.10. The summed E-state index contributed by atoms with van der Waals surface area (Å²) < 4.78 is 14.8. The molecule has 0 bridgehead atoms. The maximum Gasteiger partial charge on any atom is 0.127 e. The van der Waals surface area contributed by atoms with Crippen molar-refractivity contribution in [3.05, 3.63) is 34.1 Å². The van der Waals surface area contributed by atoms with Crippen LogP contribution in [0.4, 0.5) is 4.39 Å². The molecule has 0 unspecified atom stereocenters. The smallest absolute Gasteiger partial charge is 0.127 e. The van der Waals surface area contributed by atoms with Crippen molar-refractivity contribution in [1.29, 1.82) is 0 Å². The Kier molecular flexibility index (Phi) is 5.87. The molecule has 0 heterocycles. The van der Waals surface area contributed by atoms with Crippen LogP contribution in [-0.4, -0.2) is 0 Å². The van der Waals surface area contributed by atoms with Crippen molar-refractivity contribution in [1.82, 2.24) is 0 Å². The average molecular weight is 327 g/mol. The third-order valence-corrected chi connectivity index (χ3v) is 4.96. The van der Waals surface area contributed by atoms with E-state index in [0.29, 0.717) is 5.92 Å². The van der Waals surface area contributed by atoms with Crippen LogP contribution in [0.1, 0.15) is 69.8 Å². The SMILES string of the molecule is CCCCC[C@H]1CC[C@@H](c2ccc(Br)cc2F)CC1. The van der Waals surface area contributed by atoms with Crippen LogP contribution in [0.5, 0.6) is 0 Å². The maximum absolute atomic E-state index is 14.0. The minimum Gasteiger partial charge on any atom is -0.207 e. The molecule has 19 heavy (non-hydrogen) atoms. The molecule has 1 fully saturated rings. The van der Waals surface area contributed by atoms with E-state index in [1.165, 1.54) is 38.5 Å². The lowest BCUT2D eigenvalue weighted by atomic mass is 9.77. The van der Waals surface area contributed by atoms with Gasteiger partial charge in [-0.05, 0) is 55.2 Å². The van der Waals surface area contributed by atoms with Gasteiger partial charge < -0.3 is 0 Å². The van der Waals surface area contributed by atoms with Gasteiger partial charge in [-0.3, -0.25) is 0 Å². The highest BCUT2D eigenvalue weighted by Gasteiger charge is 2.23. The van der Waals surface area contributed by atoms with E-state index in [9.17, 15) is 4.39 Å². The molecular formula is C17H24BrF. The molecule has 1 aromatic carbocycles. The molecule has 0 nitrogen and oxygen atoms in total. The molecule has 0 radical (unpaired) electrons. The maximum atomic E-state index is 14.0. The highest BCUT2D eigenvalue weighted by Crippen LogP contribution is 2.38. The van der Waals surface area contributed by atoms with Gasteiger partial charge in [0.1, 0.15) is 5.82 Å². The van der Waals surface area contributed by atoms with E-state index in [1.54, 1.807) is 6.07 Å². The van der Waals surface area contributed by atoms with E-state index >= 15 is 0 Å². The molecule has 2 rings (SSSR count). The predicted molar refractivity (Wildman–Crippen MR) is 82.9 cm³/mol. The highest BCUT2D eigenvalue weighted by atomic mass is 79.9. The van der Waals surface area contributed by atoms with Crippen LogP contribution < -0.4 is 0 Å². The topological polar surface area (TPSA) is 0 Å². The van der Waals surface area contributed by atoms with Gasteiger partial charge in [-0.25, -0.2) is 4.39 Å². The molecule has 1 aliphatic rings. The number of unbranched alkanes of at least 4 members (excludes halogenated alkanes) is 2. The Balaban J connectivity index is 1.85. The summed E-state index contributed by atoms with van der Waals surface area (Å²) >= 11 is 3.33. The largest absolute Gasteiger partial charge is 0.207 e. The monoisotopic (exact) mass is 326 g/mol. The van der Waals surface area contributed by atoms with Gasteiger partial charge in [0, 0.05) is 4.47 Å². The third-order valence-electron chi connectivity index (χ3n) is 4.47. The summed E-state index contributed by atoms with van der Waals surface area (Å²) in [4.78, 5) is 0. The minimum absolute atomic E-state index is 0.0381. The Morgan fingerprint density at radius 2 is 1.89 bits per heavy atom. The normalized spacial score (nSPS) is 23.5. The van der Waals surface area contributed by atoms with Gasteiger partial charge in [-0.1, -0.05) is 54.6 Å². The van der Waals surface area contributed by atoms with Crippen LogP contribution in [0, 0.1) is 11.7 Å². The molecule has 1 saturated carbocycles. The molecule has 0 aliphatic heterocycles. The zero-order valence-electron chi connectivity index (χ0n) is 11.8. The van der Waals surface area contributed by atoms with Crippen LogP contribution in [0.3, 0.4) is 0 Å². The average Bonchev–Trinajstić information content (AvgIpc) is 2.40. The molecule has 0 atom stereocenters. The van der Waals surface area contributed by atoms with Crippen molar-refractivity contribution in [2.75, 3.05) is 0 Å². The van der Waals surface area contributed by atoms with Gasteiger partial charge in [0.2, 0.25) is 0 Å². The lowest BCUT2D eigenvalue weighted by molar-refractivity contribution is 0.299. The summed E-state index contributed by atoms with van der Waals surface area (Å²) in [6, 6.07) is 5.52. The first-order valence-corrected chi connectivity index (χ1v) is 8.45. The van der Waals surface area contributed by atoms with E-state index in [0.717, 1.165) is 28.8 Å². The van der Waals surface area contributed by atoms with Crippen molar-refractivity contribution < 1.29 is 4.39 Å². The summed E-state index contributed by atoms with van der Waals surface area (Å²) in [6.45, 7) is 2.26. The molecule has 0 amide bonds. The number of halogens is 2. The Labute approximate surface area is 124 Å². The Bertz CT molecular complexity index is 394. The van der Waals surface area contributed by atoms with Gasteiger partial charge in [0.05, 0.1) is 0 Å². The molecule has 1 aliphatic carbocycles. The molecule has 1 aromatic rings. The second-order valence-electron chi connectivity index (χ2n) is 5.88. The Morgan fingerprint density at radius 1 is 1.16 bits per heavy atom. The van der Waals surface area contributed by atoms with Crippen molar-refractivity contribution in [3.63, 3.8) is 0 Å². The lowest BCUT2D eigenvalue weighted by Gasteiger charge is -2.29.